The first-order valence-corrected chi connectivity index (χ1v) is 8.62. The van der Waals surface area contributed by atoms with Crippen LogP contribution in [0.3, 0.4) is 0 Å². The minimum Gasteiger partial charge on any atom is -0.477 e. The summed E-state index contributed by atoms with van der Waals surface area (Å²) in [7, 11) is 0. The molecule has 0 aliphatic heterocycles. The predicted molar refractivity (Wildman–Crippen MR) is 117 cm³/mol. The van der Waals surface area contributed by atoms with E-state index in [1.165, 1.54) is 0 Å². The summed E-state index contributed by atoms with van der Waals surface area (Å²) < 4.78 is 0. The van der Waals surface area contributed by atoms with Gasteiger partial charge in [0.05, 0.1) is 0 Å². The van der Waals surface area contributed by atoms with Gasteiger partial charge >= 0.3 is 35.0 Å². The number of nitrogens with one attached hydrogen (secondary N) is 6. The summed E-state index contributed by atoms with van der Waals surface area (Å²) in [5.41, 5.74) is 6.45. The first-order valence-electron chi connectivity index (χ1n) is 8.62. The fraction of sp³-hybridized carbons (Fsp3) is 0. The molecular formula is C15H15N9O12Sm. The Hall–Kier alpha value is -4.81. The molecule has 3 aromatic heterocycles. The Morgan fingerprint density at radius 1 is 0.459 bits per heavy atom. The molecule has 3 heterocycles. The van der Waals surface area contributed by atoms with Gasteiger partial charge in [0, 0.05) is 40.4 Å². The van der Waals surface area contributed by atoms with Crippen LogP contribution in [0.25, 0.3) is 0 Å². The maximum atomic E-state index is 10.7. The molecule has 0 unspecified atom stereocenters. The van der Waals surface area contributed by atoms with Gasteiger partial charge in [-0.3, -0.25) is 44.3 Å². The van der Waals surface area contributed by atoms with Gasteiger partial charge in [0.25, 0.3) is 16.7 Å². The zero-order valence-electron chi connectivity index (χ0n) is 17.7. The van der Waals surface area contributed by atoms with Crippen molar-refractivity contribution in [3.05, 3.63) is 79.6 Å². The minimum absolute atomic E-state index is 0. The first-order chi connectivity index (χ1) is 16.6. The van der Waals surface area contributed by atoms with Gasteiger partial charge in [-0.15, -0.1) is 0 Å². The van der Waals surface area contributed by atoms with Crippen LogP contribution in [0.5, 0.6) is 0 Å². The van der Waals surface area contributed by atoms with Crippen molar-refractivity contribution in [1.29, 1.82) is 0 Å². The summed E-state index contributed by atoms with van der Waals surface area (Å²) in [4.78, 5) is 106. The van der Waals surface area contributed by atoms with Gasteiger partial charge in [0.1, 0.15) is 17.1 Å². The predicted octanol–water partition coefficient (Wildman–Crippen LogP) is -4.97. The smallest absolute Gasteiger partial charge is 0.354 e. The second-order valence-electron chi connectivity index (χ2n) is 6.01. The van der Waals surface area contributed by atoms with Crippen LogP contribution in [-0.2, 0) is 0 Å². The Balaban J connectivity index is 0.000000518. The number of aromatic carboxylic acids is 3. The quantitative estimate of drug-likeness (QED) is 0.125. The summed E-state index contributed by atoms with van der Waals surface area (Å²) >= 11 is 0. The SMILES string of the molecule is Nc1c(C(=O)O)[nH]c(=O)[nH]c1=O.Nc1c(C(=O)O)[nH]c(=O)[nH]c1=O.Nc1c(C(=O)O)[nH]c(=O)[nH]c1=O.[Sm]. The average molecular weight is 664 g/mol. The van der Waals surface area contributed by atoms with Crippen molar-refractivity contribution in [1.82, 2.24) is 29.9 Å². The monoisotopic (exact) mass is 665 g/mol. The molecule has 21 nitrogen and oxygen atoms in total. The Morgan fingerprint density at radius 2 is 0.649 bits per heavy atom. The molecule has 0 aliphatic carbocycles. The van der Waals surface area contributed by atoms with Crippen LogP contribution >= 0.6 is 0 Å². The summed E-state index contributed by atoms with van der Waals surface area (Å²) in [5.74, 6) is -4.35. The van der Waals surface area contributed by atoms with E-state index in [1.54, 1.807) is 15.0 Å². The van der Waals surface area contributed by atoms with Crippen molar-refractivity contribution in [3.8, 4) is 0 Å². The molecule has 0 amide bonds. The molecule has 0 fully saturated rings. The summed E-state index contributed by atoms with van der Waals surface area (Å²) in [6.07, 6.45) is 0. The molecule has 15 N–H and O–H groups in total. The number of H-pyrrole nitrogens is 6. The third-order valence-corrected chi connectivity index (χ3v) is 3.58. The van der Waals surface area contributed by atoms with Gasteiger partial charge in [-0.1, -0.05) is 0 Å². The molecule has 0 aliphatic rings. The van der Waals surface area contributed by atoms with E-state index in [4.69, 9.17) is 32.5 Å². The third kappa shape index (κ3) is 8.72. The van der Waals surface area contributed by atoms with Crippen LogP contribution in [0.4, 0.5) is 17.1 Å². The van der Waals surface area contributed by atoms with E-state index in [0.29, 0.717) is 0 Å². The molecule has 0 aromatic carbocycles. The van der Waals surface area contributed by atoms with Crippen molar-refractivity contribution in [2.24, 2.45) is 0 Å². The number of hydrogen-bond donors (Lipinski definition) is 12. The Kier molecular flexibility index (Phi) is 11.6. The summed E-state index contributed by atoms with van der Waals surface area (Å²) in [6.45, 7) is 0. The van der Waals surface area contributed by atoms with Gasteiger partial charge in [-0.2, -0.15) is 0 Å². The Labute approximate surface area is 230 Å². The zero-order valence-corrected chi connectivity index (χ0v) is 20.3. The molecule has 37 heavy (non-hydrogen) atoms. The van der Waals surface area contributed by atoms with Crippen LogP contribution in [0.2, 0.25) is 0 Å². The average Bonchev–Trinajstić information content (AvgIpc) is 2.76. The molecule has 22 heteroatoms. The number of carboxylic acids is 3. The van der Waals surface area contributed by atoms with E-state index in [1.807, 2.05) is 15.0 Å². The van der Waals surface area contributed by atoms with E-state index in [0.717, 1.165) is 0 Å². The number of aromatic amines is 6. The van der Waals surface area contributed by atoms with Gasteiger partial charge in [-0.25, -0.2) is 28.8 Å². The molecule has 0 saturated carbocycles. The number of carboxylic acid groups (broad SMARTS) is 3. The molecule has 0 saturated heterocycles. The zero-order chi connectivity index (χ0) is 27.9. The van der Waals surface area contributed by atoms with E-state index in [2.05, 4.69) is 0 Å². The summed E-state index contributed by atoms with van der Waals surface area (Å²) in [6, 6.07) is 0. The molecule has 198 valence electrons. The van der Waals surface area contributed by atoms with E-state index >= 15 is 0 Å². The van der Waals surface area contributed by atoms with Gasteiger partial charge in [-0.05, 0) is 0 Å². The standard InChI is InChI=1S/3C5H5N3O4.Sm/c3*6-1-2(4(10)11)7-5(12)8-3(1)9;/h3*6H2,(H,10,11)(H2,7,8,9,12);. The van der Waals surface area contributed by atoms with E-state index in [9.17, 15) is 43.2 Å². The van der Waals surface area contributed by atoms with Crippen LogP contribution in [0, 0.1) is 40.4 Å². The molecule has 0 spiro atoms. The second-order valence-corrected chi connectivity index (χ2v) is 6.01. The maximum absolute atomic E-state index is 10.7. The van der Waals surface area contributed by atoms with Crippen molar-refractivity contribution < 1.29 is 70.1 Å². The van der Waals surface area contributed by atoms with Crippen molar-refractivity contribution in [3.63, 3.8) is 0 Å². The molecule has 0 radical (unpaired) electrons. The molecule has 3 aromatic rings. The topological polar surface area (TPSA) is 387 Å². The van der Waals surface area contributed by atoms with Crippen LogP contribution < -0.4 is 50.9 Å². The largest absolute Gasteiger partial charge is 0.477 e. The summed E-state index contributed by atoms with van der Waals surface area (Å²) in [5, 5.41) is 25.2. The molecule has 0 bridgehead atoms. The van der Waals surface area contributed by atoms with Gasteiger partial charge < -0.3 is 32.5 Å². The van der Waals surface area contributed by atoms with Crippen molar-refractivity contribution in [2.75, 3.05) is 17.2 Å². The van der Waals surface area contributed by atoms with Crippen molar-refractivity contribution in [2.45, 2.75) is 0 Å². The fourth-order valence-electron chi connectivity index (χ4n) is 1.99. The van der Waals surface area contributed by atoms with E-state index in [-0.39, 0.29) is 40.4 Å². The third-order valence-electron chi connectivity index (χ3n) is 3.58. The number of anilines is 3. The van der Waals surface area contributed by atoms with Crippen LogP contribution in [-0.4, -0.2) is 63.1 Å². The molecule has 3 rings (SSSR count). The number of nitrogen functional groups attached to an aromatic ring is 3. The maximum Gasteiger partial charge on any atom is 0.354 e. The number of nitrogens with two attached hydrogens (primary N) is 3. The van der Waals surface area contributed by atoms with Gasteiger partial charge in [0.2, 0.25) is 0 Å². The van der Waals surface area contributed by atoms with Crippen molar-refractivity contribution >= 4 is 35.0 Å². The molecular weight excluding hydrogens is 649 g/mol. The minimum atomic E-state index is -1.45. The Morgan fingerprint density at radius 3 is 0.811 bits per heavy atom. The second kappa shape index (κ2) is 13.3. The first kappa shape index (κ1) is 32.2. The Bertz CT molecular complexity index is 1490. The van der Waals surface area contributed by atoms with Gasteiger partial charge in [0.15, 0.2) is 17.1 Å². The normalized spacial score (nSPS) is 9.41. The number of carbonyl (C=O) groups is 3. The fourth-order valence-corrected chi connectivity index (χ4v) is 1.99. The van der Waals surface area contributed by atoms with E-state index < -0.39 is 85.8 Å². The van der Waals surface area contributed by atoms with Crippen LogP contribution in [0.15, 0.2) is 28.8 Å². The number of hydrogen-bond acceptors (Lipinski definition) is 12. The number of rotatable bonds is 3. The van der Waals surface area contributed by atoms with Crippen LogP contribution in [0.1, 0.15) is 31.5 Å². The molecule has 0 atom stereocenters. The number of aromatic nitrogens is 6.